The summed E-state index contributed by atoms with van der Waals surface area (Å²) in [5.74, 6) is 1.30. The molecular weight excluding hydrogens is 344 g/mol. The molecule has 1 atom stereocenters. The van der Waals surface area contributed by atoms with Gasteiger partial charge in [-0.1, -0.05) is 0 Å². The van der Waals surface area contributed by atoms with Gasteiger partial charge in [0.1, 0.15) is 5.75 Å². The molecule has 7 heteroatoms. The van der Waals surface area contributed by atoms with Gasteiger partial charge in [0, 0.05) is 25.8 Å². The summed E-state index contributed by atoms with van der Waals surface area (Å²) in [5, 5.41) is 7.37. The van der Waals surface area contributed by atoms with E-state index in [1.807, 2.05) is 22.9 Å². The first-order valence-corrected chi connectivity index (χ1v) is 9.70. The minimum atomic E-state index is -0.00310. The van der Waals surface area contributed by atoms with Gasteiger partial charge in [-0.3, -0.25) is 9.78 Å². The molecule has 7 nitrogen and oxygen atoms in total. The Morgan fingerprint density at radius 2 is 2.22 bits per heavy atom. The fraction of sp³-hybridized carbons (Fsp3) is 0.550. The third-order valence-corrected chi connectivity index (χ3v) is 5.23. The molecule has 1 amide bonds. The maximum atomic E-state index is 11.0. The number of aromatic nitrogens is 3. The highest BCUT2D eigenvalue weighted by Gasteiger charge is 2.30. The summed E-state index contributed by atoms with van der Waals surface area (Å²) in [6, 6.07) is 6.19. The summed E-state index contributed by atoms with van der Waals surface area (Å²) < 4.78 is 13.6. The number of carbonyl (C=O) groups excluding carboxylic acids is 1. The monoisotopic (exact) mass is 370 g/mol. The van der Waals surface area contributed by atoms with Crippen LogP contribution in [0, 0.1) is 5.92 Å². The normalized spacial score (nSPS) is 24.9. The molecule has 144 valence electrons. The molecule has 1 aliphatic heterocycles. The molecule has 1 saturated heterocycles. The van der Waals surface area contributed by atoms with Gasteiger partial charge in [-0.25, -0.2) is 4.68 Å². The molecule has 0 aromatic carbocycles. The number of amides is 1. The summed E-state index contributed by atoms with van der Waals surface area (Å²) in [7, 11) is 0. The van der Waals surface area contributed by atoms with E-state index in [1.54, 1.807) is 19.3 Å². The summed E-state index contributed by atoms with van der Waals surface area (Å²) in [6.45, 7) is 3.00. The van der Waals surface area contributed by atoms with Gasteiger partial charge in [-0.2, -0.15) is 5.10 Å². The Morgan fingerprint density at radius 3 is 2.93 bits per heavy atom. The second-order valence-corrected chi connectivity index (χ2v) is 7.41. The van der Waals surface area contributed by atoms with Crippen LogP contribution in [0.15, 0.2) is 30.6 Å². The first-order valence-electron chi connectivity index (χ1n) is 9.70. The van der Waals surface area contributed by atoms with E-state index in [9.17, 15) is 4.79 Å². The number of nitrogens with one attached hydrogen (secondary N) is 1. The van der Waals surface area contributed by atoms with Crippen molar-refractivity contribution >= 4 is 5.91 Å². The van der Waals surface area contributed by atoms with Crippen molar-refractivity contribution in [3.8, 4) is 17.1 Å². The Hall–Kier alpha value is -2.41. The lowest BCUT2D eigenvalue weighted by atomic mass is 9.81. The molecule has 0 bridgehead atoms. The predicted octanol–water partition coefficient (Wildman–Crippen LogP) is 2.94. The first kappa shape index (κ1) is 18.0. The molecule has 27 heavy (non-hydrogen) atoms. The smallest absolute Gasteiger partial charge is 0.217 e. The average molecular weight is 370 g/mol. The maximum Gasteiger partial charge on any atom is 0.217 e. The molecular formula is C20H26N4O3. The molecule has 1 aliphatic carbocycles. The van der Waals surface area contributed by atoms with E-state index in [2.05, 4.69) is 15.4 Å². The fourth-order valence-electron chi connectivity index (χ4n) is 3.77. The zero-order chi connectivity index (χ0) is 18.6. The lowest BCUT2D eigenvalue weighted by Crippen LogP contribution is -2.45. The Balaban J connectivity index is 1.32. The number of pyridine rings is 1. The number of nitrogens with zero attached hydrogens (tertiary/aromatic N) is 3. The van der Waals surface area contributed by atoms with Crippen molar-refractivity contribution in [2.75, 3.05) is 13.2 Å². The molecule has 2 fully saturated rings. The van der Waals surface area contributed by atoms with E-state index in [-0.39, 0.29) is 12.1 Å². The number of hydrogen-bond acceptors (Lipinski definition) is 5. The van der Waals surface area contributed by atoms with Crippen LogP contribution in [-0.2, 0) is 9.53 Å². The molecule has 3 heterocycles. The number of carbonyl (C=O) groups is 1. The molecule has 1 saturated carbocycles. The van der Waals surface area contributed by atoms with Crippen molar-refractivity contribution in [3.05, 3.63) is 30.6 Å². The summed E-state index contributed by atoms with van der Waals surface area (Å²) in [5.41, 5.74) is 1.83. The molecule has 2 aliphatic rings. The Kier molecular flexibility index (Phi) is 5.38. The van der Waals surface area contributed by atoms with Gasteiger partial charge >= 0.3 is 0 Å². The van der Waals surface area contributed by atoms with Crippen LogP contribution in [0.2, 0.25) is 0 Å². The van der Waals surface area contributed by atoms with Gasteiger partial charge < -0.3 is 14.8 Å². The lowest BCUT2D eigenvalue weighted by Gasteiger charge is -2.35. The Labute approximate surface area is 159 Å². The zero-order valence-electron chi connectivity index (χ0n) is 15.6. The third kappa shape index (κ3) is 4.30. The number of hydrogen-bond donors (Lipinski definition) is 1. The zero-order valence-corrected chi connectivity index (χ0v) is 15.6. The van der Waals surface area contributed by atoms with Gasteiger partial charge in [0.25, 0.3) is 0 Å². The van der Waals surface area contributed by atoms with Gasteiger partial charge in [-0.15, -0.1) is 0 Å². The van der Waals surface area contributed by atoms with Crippen LogP contribution in [0.5, 0.6) is 5.75 Å². The largest absolute Gasteiger partial charge is 0.492 e. The summed E-state index contributed by atoms with van der Waals surface area (Å²) in [6.07, 6.45) is 8.77. The molecule has 4 rings (SSSR count). The second kappa shape index (κ2) is 8.08. The highest BCUT2D eigenvalue weighted by molar-refractivity contribution is 5.73. The second-order valence-electron chi connectivity index (χ2n) is 7.41. The Bertz CT molecular complexity index is 762. The van der Waals surface area contributed by atoms with E-state index >= 15 is 0 Å². The summed E-state index contributed by atoms with van der Waals surface area (Å²) in [4.78, 5) is 15.6. The molecule has 0 radical (unpaired) electrons. The average Bonchev–Trinajstić information content (AvgIpc) is 3.14. The molecule has 1 N–H and O–H groups in total. The lowest BCUT2D eigenvalue weighted by molar-refractivity contribution is -0.120. The van der Waals surface area contributed by atoms with E-state index in [4.69, 9.17) is 9.47 Å². The first-order chi connectivity index (χ1) is 13.2. The van der Waals surface area contributed by atoms with Crippen LogP contribution in [0.25, 0.3) is 11.4 Å². The van der Waals surface area contributed by atoms with Crippen LogP contribution in [0.4, 0.5) is 0 Å². The van der Waals surface area contributed by atoms with Gasteiger partial charge in [-0.05, 0) is 56.2 Å². The van der Waals surface area contributed by atoms with Crippen molar-refractivity contribution in [1.29, 1.82) is 0 Å². The van der Waals surface area contributed by atoms with Crippen molar-refractivity contribution < 1.29 is 14.3 Å². The predicted molar refractivity (Wildman–Crippen MR) is 100 cm³/mol. The van der Waals surface area contributed by atoms with Crippen LogP contribution in [0.3, 0.4) is 0 Å². The maximum absolute atomic E-state index is 11.0. The van der Waals surface area contributed by atoms with Crippen LogP contribution in [0.1, 0.15) is 45.3 Å². The summed E-state index contributed by atoms with van der Waals surface area (Å²) >= 11 is 0. The topological polar surface area (TPSA) is 78.3 Å². The van der Waals surface area contributed by atoms with E-state index in [0.29, 0.717) is 18.6 Å². The minimum Gasteiger partial charge on any atom is -0.492 e. The van der Waals surface area contributed by atoms with E-state index in [1.165, 1.54) is 0 Å². The van der Waals surface area contributed by atoms with E-state index in [0.717, 1.165) is 55.8 Å². The molecule has 2 aromatic heterocycles. The standard InChI is InChI=1S/C20H26N4O3/c1-14(25)23-16-10-15(11-16)13-27-17-5-6-18(21-12-17)19-7-8-22-24(19)20-4-2-3-9-26-20/h5-8,12,15-16,20H,2-4,9-11,13H2,1H3,(H,23,25). The molecule has 1 unspecified atom stereocenters. The molecule has 2 aromatic rings. The quantitative estimate of drug-likeness (QED) is 0.846. The van der Waals surface area contributed by atoms with Crippen molar-refractivity contribution in [2.45, 2.75) is 51.3 Å². The van der Waals surface area contributed by atoms with Crippen molar-refractivity contribution in [2.24, 2.45) is 5.92 Å². The van der Waals surface area contributed by atoms with Crippen LogP contribution in [-0.4, -0.2) is 39.9 Å². The highest BCUT2D eigenvalue weighted by Crippen LogP contribution is 2.30. The van der Waals surface area contributed by atoms with Crippen LogP contribution < -0.4 is 10.1 Å². The Morgan fingerprint density at radius 1 is 1.33 bits per heavy atom. The fourth-order valence-corrected chi connectivity index (χ4v) is 3.77. The highest BCUT2D eigenvalue weighted by atomic mass is 16.5. The van der Waals surface area contributed by atoms with Crippen LogP contribution >= 0.6 is 0 Å². The van der Waals surface area contributed by atoms with Gasteiger partial charge in [0.05, 0.1) is 24.2 Å². The SMILES string of the molecule is CC(=O)NC1CC(COc2ccc(-c3ccnn3C3CCCCO3)nc2)C1. The van der Waals surface area contributed by atoms with Gasteiger partial charge in [0.15, 0.2) is 6.23 Å². The number of ether oxygens (including phenoxy) is 2. The van der Waals surface area contributed by atoms with Gasteiger partial charge in [0.2, 0.25) is 5.91 Å². The third-order valence-electron chi connectivity index (χ3n) is 5.23. The molecule has 0 spiro atoms. The number of rotatable bonds is 6. The van der Waals surface area contributed by atoms with E-state index < -0.39 is 0 Å². The minimum absolute atomic E-state index is 0.00310. The van der Waals surface area contributed by atoms with Crippen molar-refractivity contribution in [1.82, 2.24) is 20.1 Å². The van der Waals surface area contributed by atoms with Crippen molar-refractivity contribution in [3.63, 3.8) is 0 Å².